The number of nitrogens with one attached hydrogen (secondary N) is 1. The number of alkyl halides is 3. The number of thiazole rings is 1. The first kappa shape index (κ1) is 19.8. The van der Waals surface area contributed by atoms with Crippen molar-refractivity contribution < 1.29 is 18.0 Å². The summed E-state index contributed by atoms with van der Waals surface area (Å²) in [5.41, 5.74) is -0.348. The van der Waals surface area contributed by atoms with E-state index < -0.39 is 11.7 Å². The van der Waals surface area contributed by atoms with Crippen molar-refractivity contribution in [2.75, 3.05) is 18.0 Å². The molecular weight excluding hydrogens is 421 g/mol. The van der Waals surface area contributed by atoms with Gasteiger partial charge in [0.1, 0.15) is 16.5 Å². The highest BCUT2D eigenvalue weighted by atomic mass is 32.1. The van der Waals surface area contributed by atoms with E-state index >= 15 is 0 Å². The van der Waals surface area contributed by atoms with E-state index in [1.54, 1.807) is 16.7 Å². The van der Waals surface area contributed by atoms with Crippen LogP contribution in [0.15, 0.2) is 41.2 Å². The number of carbonyl (C=O) groups is 1. The van der Waals surface area contributed by atoms with Crippen LogP contribution in [0.2, 0.25) is 0 Å². The highest BCUT2D eigenvalue weighted by molar-refractivity contribution is 7.20. The van der Waals surface area contributed by atoms with E-state index in [2.05, 4.69) is 15.3 Å². The molecule has 1 fully saturated rings. The van der Waals surface area contributed by atoms with Gasteiger partial charge >= 0.3 is 6.18 Å². The summed E-state index contributed by atoms with van der Waals surface area (Å²) in [6.07, 6.45) is -2.15. The second kappa shape index (κ2) is 8.11. The van der Waals surface area contributed by atoms with E-state index in [1.807, 2.05) is 22.4 Å². The lowest BCUT2D eigenvalue weighted by Crippen LogP contribution is -2.45. The quantitative estimate of drug-likeness (QED) is 0.642. The Balaban J connectivity index is 1.31. The molecule has 0 atom stereocenters. The van der Waals surface area contributed by atoms with E-state index in [4.69, 9.17) is 0 Å². The fourth-order valence-corrected chi connectivity index (χ4v) is 4.76. The number of pyridine rings is 1. The van der Waals surface area contributed by atoms with Crippen molar-refractivity contribution in [3.8, 4) is 9.88 Å². The van der Waals surface area contributed by atoms with Crippen LogP contribution in [-0.2, 0) is 6.18 Å². The maximum absolute atomic E-state index is 12.7. The van der Waals surface area contributed by atoms with E-state index in [1.165, 1.54) is 17.4 Å². The summed E-state index contributed by atoms with van der Waals surface area (Å²) < 4.78 is 38.0. The molecule has 0 unspecified atom stereocenters. The normalized spacial score (nSPS) is 15.5. The van der Waals surface area contributed by atoms with Crippen LogP contribution in [0.25, 0.3) is 9.88 Å². The molecule has 0 radical (unpaired) electrons. The minimum absolute atomic E-state index is 0.0000798. The van der Waals surface area contributed by atoms with E-state index in [0.717, 1.165) is 22.1 Å². The highest BCUT2D eigenvalue weighted by Crippen LogP contribution is 2.30. The molecule has 1 aliphatic rings. The van der Waals surface area contributed by atoms with Gasteiger partial charge in [-0.15, -0.1) is 22.7 Å². The lowest BCUT2D eigenvalue weighted by Gasteiger charge is -2.33. The predicted molar refractivity (Wildman–Crippen MR) is 107 cm³/mol. The Hall–Kier alpha value is -2.46. The fraction of sp³-hybridized carbons (Fsp3) is 0.316. The average Bonchev–Trinajstić information content (AvgIpc) is 3.40. The molecule has 4 rings (SSSR count). The minimum atomic E-state index is -4.39. The molecule has 1 aliphatic heterocycles. The van der Waals surface area contributed by atoms with Gasteiger partial charge in [0.25, 0.3) is 5.91 Å². The topological polar surface area (TPSA) is 58.1 Å². The zero-order valence-corrected chi connectivity index (χ0v) is 16.8. The Morgan fingerprint density at radius 2 is 1.97 bits per heavy atom. The number of halogens is 3. The third-order valence-corrected chi connectivity index (χ3v) is 6.58. The van der Waals surface area contributed by atoms with Gasteiger partial charge in [-0.1, -0.05) is 6.07 Å². The number of hydrogen-bond acceptors (Lipinski definition) is 6. The van der Waals surface area contributed by atoms with Crippen LogP contribution >= 0.6 is 22.7 Å². The van der Waals surface area contributed by atoms with Gasteiger partial charge in [-0.05, 0) is 36.4 Å². The molecule has 0 aromatic carbocycles. The van der Waals surface area contributed by atoms with Crippen LogP contribution in [0, 0.1) is 0 Å². The minimum Gasteiger partial charge on any atom is -0.356 e. The average molecular weight is 439 g/mol. The van der Waals surface area contributed by atoms with Gasteiger partial charge in [0.05, 0.1) is 10.4 Å². The Morgan fingerprint density at radius 1 is 1.17 bits per heavy atom. The number of nitrogens with zero attached hydrogens (tertiary/aromatic N) is 3. The molecule has 3 aromatic heterocycles. The highest BCUT2D eigenvalue weighted by Gasteiger charge is 2.31. The molecule has 0 spiro atoms. The fourth-order valence-electron chi connectivity index (χ4n) is 3.14. The molecule has 0 saturated carbocycles. The molecule has 29 heavy (non-hydrogen) atoms. The van der Waals surface area contributed by atoms with Crippen LogP contribution in [-0.4, -0.2) is 35.0 Å². The van der Waals surface area contributed by atoms with Crippen LogP contribution in [0.3, 0.4) is 0 Å². The smallest absolute Gasteiger partial charge is 0.356 e. The van der Waals surface area contributed by atoms with Crippen molar-refractivity contribution in [2.45, 2.75) is 25.1 Å². The number of carbonyl (C=O) groups excluding carboxylic acids is 1. The predicted octanol–water partition coefficient (Wildman–Crippen LogP) is 4.68. The van der Waals surface area contributed by atoms with Crippen molar-refractivity contribution in [1.82, 2.24) is 15.3 Å². The van der Waals surface area contributed by atoms with Crippen LogP contribution in [0.4, 0.5) is 19.0 Å². The van der Waals surface area contributed by atoms with Crippen molar-refractivity contribution in [3.05, 3.63) is 52.5 Å². The molecular formula is C19H17F3N4OS2. The standard InChI is InChI=1S/C19H17F3N4OS2/c20-19(21,22)12-3-4-16(23-10-12)26-7-5-13(6-8-26)24-17(27)14-11-29-18(25-14)15-2-1-9-28-15/h1-4,9-11,13H,5-8H2,(H,24,27). The molecule has 5 nitrogen and oxygen atoms in total. The monoisotopic (exact) mass is 438 g/mol. The van der Waals surface area contributed by atoms with Crippen molar-refractivity contribution in [3.63, 3.8) is 0 Å². The number of rotatable bonds is 4. The molecule has 1 N–H and O–H groups in total. The van der Waals surface area contributed by atoms with Gasteiger partial charge in [-0.25, -0.2) is 9.97 Å². The number of hydrogen-bond donors (Lipinski definition) is 1. The third-order valence-electron chi connectivity index (χ3n) is 4.70. The number of piperidine rings is 1. The number of thiophene rings is 1. The van der Waals surface area contributed by atoms with Gasteiger partial charge in [0.15, 0.2) is 0 Å². The third kappa shape index (κ3) is 4.59. The summed E-state index contributed by atoms with van der Waals surface area (Å²) in [7, 11) is 0. The summed E-state index contributed by atoms with van der Waals surface area (Å²) in [5, 5.41) is 7.56. The summed E-state index contributed by atoms with van der Waals surface area (Å²) >= 11 is 3.02. The Labute approximate surface area is 173 Å². The maximum Gasteiger partial charge on any atom is 0.417 e. The SMILES string of the molecule is O=C(NC1CCN(c2ccc(C(F)(F)F)cn2)CC1)c1csc(-c2cccs2)n1. The van der Waals surface area contributed by atoms with Gasteiger partial charge < -0.3 is 10.2 Å². The second-order valence-corrected chi connectivity index (χ2v) is 8.46. The second-order valence-electron chi connectivity index (χ2n) is 6.65. The Morgan fingerprint density at radius 3 is 2.59 bits per heavy atom. The lowest BCUT2D eigenvalue weighted by molar-refractivity contribution is -0.137. The number of aromatic nitrogens is 2. The molecule has 3 aromatic rings. The molecule has 1 saturated heterocycles. The van der Waals surface area contributed by atoms with Crippen molar-refractivity contribution in [2.24, 2.45) is 0 Å². The maximum atomic E-state index is 12.7. The summed E-state index contributed by atoms with van der Waals surface area (Å²) in [6, 6.07) is 6.35. The van der Waals surface area contributed by atoms with Crippen LogP contribution < -0.4 is 10.2 Å². The first-order valence-corrected chi connectivity index (χ1v) is 10.7. The summed E-state index contributed by atoms with van der Waals surface area (Å²) in [4.78, 5) is 23.8. The molecule has 0 aliphatic carbocycles. The summed E-state index contributed by atoms with van der Waals surface area (Å²) in [5.74, 6) is 0.318. The van der Waals surface area contributed by atoms with E-state index in [9.17, 15) is 18.0 Å². The summed E-state index contributed by atoms with van der Waals surface area (Å²) in [6.45, 7) is 1.22. The molecule has 10 heteroatoms. The Bertz CT molecular complexity index is 962. The van der Waals surface area contributed by atoms with Gasteiger partial charge in [0, 0.05) is 30.7 Å². The van der Waals surface area contributed by atoms with Crippen LogP contribution in [0.5, 0.6) is 0 Å². The first-order valence-electron chi connectivity index (χ1n) is 8.98. The molecule has 0 bridgehead atoms. The van der Waals surface area contributed by atoms with Crippen molar-refractivity contribution in [1.29, 1.82) is 0 Å². The van der Waals surface area contributed by atoms with Crippen LogP contribution in [0.1, 0.15) is 28.9 Å². The zero-order valence-electron chi connectivity index (χ0n) is 15.1. The van der Waals surface area contributed by atoms with Crippen molar-refractivity contribution >= 4 is 34.4 Å². The molecule has 152 valence electrons. The van der Waals surface area contributed by atoms with Gasteiger partial charge in [-0.2, -0.15) is 13.2 Å². The van der Waals surface area contributed by atoms with Gasteiger partial charge in [-0.3, -0.25) is 4.79 Å². The Kier molecular flexibility index (Phi) is 5.55. The lowest BCUT2D eigenvalue weighted by atomic mass is 10.0. The number of amides is 1. The molecule has 1 amide bonds. The van der Waals surface area contributed by atoms with E-state index in [-0.39, 0.29) is 11.9 Å². The zero-order chi connectivity index (χ0) is 20.4. The largest absolute Gasteiger partial charge is 0.417 e. The van der Waals surface area contributed by atoms with E-state index in [0.29, 0.717) is 37.4 Å². The first-order chi connectivity index (χ1) is 13.9. The number of anilines is 1. The van der Waals surface area contributed by atoms with Gasteiger partial charge in [0.2, 0.25) is 0 Å². The molecule has 4 heterocycles.